The molecular formula is C14H22ClN3O2. The van der Waals surface area contributed by atoms with Gasteiger partial charge in [-0.15, -0.1) is 0 Å². The number of rotatable bonds is 7. The molecule has 1 aromatic rings. The second kappa shape index (κ2) is 7.76. The molecule has 0 aliphatic carbocycles. The van der Waals surface area contributed by atoms with E-state index >= 15 is 0 Å². The zero-order valence-electron chi connectivity index (χ0n) is 11.9. The molecule has 1 aliphatic rings. The van der Waals surface area contributed by atoms with Crippen LogP contribution in [0.25, 0.3) is 0 Å². The largest absolute Gasteiger partial charge is 0.383 e. The SMILES string of the molecule is COCCn1ncc(Cl)c1C(=O)CCC1CCCNC1. The van der Waals surface area contributed by atoms with Gasteiger partial charge in [-0.3, -0.25) is 9.48 Å². The van der Waals surface area contributed by atoms with Crippen molar-refractivity contribution in [3.63, 3.8) is 0 Å². The summed E-state index contributed by atoms with van der Waals surface area (Å²) in [6.45, 7) is 3.18. The lowest BCUT2D eigenvalue weighted by atomic mass is 9.93. The Morgan fingerprint density at radius 2 is 2.50 bits per heavy atom. The first-order valence-electron chi connectivity index (χ1n) is 7.16. The van der Waals surface area contributed by atoms with Gasteiger partial charge in [0.2, 0.25) is 0 Å². The Balaban J connectivity index is 1.92. The Morgan fingerprint density at radius 3 is 3.20 bits per heavy atom. The van der Waals surface area contributed by atoms with Gasteiger partial charge in [-0.2, -0.15) is 5.10 Å². The third kappa shape index (κ3) is 4.04. The number of ether oxygens (including phenoxy) is 1. The number of hydrogen-bond donors (Lipinski definition) is 1. The Hall–Kier alpha value is -0.910. The van der Waals surface area contributed by atoms with Crippen LogP contribution in [0.5, 0.6) is 0 Å². The van der Waals surface area contributed by atoms with Crippen LogP contribution in [0.3, 0.4) is 0 Å². The fourth-order valence-corrected chi connectivity index (χ4v) is 2.86. The predicted octanol–water partition coefficient (Wildman–Crippen LogP) is 2.15. The number of ketones is 1. The minimum atomic E-state index is 0.0779. The number of nitrogens with one attached hydrogen (secondary N) is 1. The number of Topliss-reactive ketones (excluding diaryl/α,β-unsaturated/α-hetero) is 1. The van der Waals surface area contributed by atoms with Gasteiger partial charge in [0.05, 0.1) is 24.4 Å². The van der Waals surface area contributed by atoms with E-state index in [4.69, 9.17) is 16.3 Å². The third-order valence-electron chi connectivity index (χ3n) is 3.74. The molecule has 0 amide bonds. The number of carbonyl (C=O) groups is 1. The van der Waals surface area contributed by atoms with E-state index < -0.39 is 0 Å². The van der Waals surface area contributed by atoms with E-state index in [1.54, 1.807) is 11.8 Å². The number of halogens is 1. The maximum absolute atomic E-state index is 12.3. The van der Waals surface area contributed by atoms with E-state index in [1.807, 2.05) is 0 Å². The molecular weight excluding hydrogens is 278 g/mol. The quantitative estimate of drug-likeness (QED) is 0.784. The summed E-state index contributed by atoms with van der Waals surface area (Å²) in [6.07, 6.45) is 5.39. The molecule has 1 atom stereocenters. The second-order valence-corrected chi connectivity index (χ2v) is 5.64. The van der Waals surface area contributed by atoms with Gasteiger partial charge < -0.3 is 10.1 Å². The first-order chi connectivity index (χ1) is 9.72. The van der Waals surface area contributed by atoms with Crippen LogP contribution >= 0.6 is 11.6 Å². The molecule has 0 saturated carbocycles. The molecule has 1 aliphatic heterocycles. The molecule has 1 fully saturated rings. The van der Waals surface area contributed by atoms with Gasteiger partial charge in [0, 0.05) is 13.5 Å². The van der Waals surface area contributed by atoms with Crippen LogP contribution in [-0.2, 0) is 11.3 Å². The molecule has 1 N–H and O–H groups in total. The Morgan fingerprint density at radius 1 is 1.65 bits per heavy atom. The first kappa shape index (κ1) is 15.5. The van der Waals surface area contributed by atoms with E-state index in [-0.39, 0.29) is 5.78 Å². The fraction of sp³-hybridized carbons (Fsp3) is 0.714. The highest BCUT2D eigenvalue weighted by Crippen LogP contribution is 2.21. The monoisotopic (exact) mass is 299 g/mol. The lowest BCUT2D eigenvalue weighted by molar-refractivity contribution is 0.0957. The molecule has 2 rings (SSSR count). The maximum Gasteiger partial charge on any atom is 0.182 e. The van der Waals surface area contributed by atoms with Crippen LogP contribution in [0, 0.1) is 5.92 Å². The lowest BCUT2D eigenvalue weighted by Gasteiger charge is -2.22. The van der Waals surface area contributed by atoms with Gasteiger partial charge in [-0.05, 0) is 38.3 Å². The van der Waals surface area contributed by atoms with Gasteiger partial charge >= 0.3 is 0 Å². The molecule has 0 aromatic carbocycles. The maximum atomic E-state index is 12.3. The van der Waals surface area contributed by atoms with Crippen molar-refractivity contribution in [2.45, 2.75) is 32.2 Å². The van der Waals surface area contributed by atoms with Crippen LogP contribution in [0.15, 0.2) is 6.20 Å². The average Bonchev–Trinajstić information content (AvgIpc) is 2.84. The highest BCUT2D eigenvalue weighted by molar-refractivity contribution is 6.33. The zero-order valence-corrected chi connectivity index (χ0v) is 12.7. The van der Waals surface area contributed by atoms with E-state index in [0.29, 0.717) is 36.2 Å². The molecule has 2 heterocycles. The predicted molar refractivity (Wildman–Crippen MR) is 78.3 cm³/mol. The molecule has 0 radical (unpaired) electrons. The van der Waals surface area contributed by atoms with Crippen molar-refractivity contribution < 1.29 is 9.53 Å². The number of hydrogen-bond acceptors (Lipinski definition) is 4. The number of methoxy groups -OCH3 is 1. The molecule has 6 heteroatoms. The van der Waals surface area contributed by atoms with Crippen molar-refractivity contribution in [3.05, 3.63) is 16.9 Å². The van der Waals surface area contributed by atoms with Gasteiger partial charge in [0.15, 0.2) is 5.78 Å². The van der Waals surface area contributed by atoms with Crippen molar-refractivity contribution >= 4 is 17.4 Å². The summed E-state index contributed by atoms with van der Waals surface area (Å²) in [5, 5.41) is 7.95. The molecule has 1 unspecified atom stereocenters. The summed E-state index contributed by atoms with van der Waals surface area (Å²) in [6, 6.07) is 0. The minimum Gasteiger partial charge on any atom is -0.383 e. The van der Waals surface area contributed by atoms with Crippen LogP contribution in [0.4, 0.5) is 0 Å². The zero-order chi connectivity index (χ0) is 14.4. The van der Waals surface area contributed by atoms with Crippen LogP contribution < -0.4 is 5.32 Å². The van der Waals surface area contributed by atoms with Gasteiger partial charge in [-0.25, -0.2) is 0 Å². The van der Waals surface area contributed by atoms with E-state index in [1.165, 1.54) is 19.0 Å². The highest BCUT2D eigenvalue weighted by atomic mass is 35.5. The first-order valence-corrected chi connectivity index (χ1v) is 7.54. The summed E-state index contributed by atoms with van der Waals surface area (Å²) in [5.74, 6) is 0.677. The van der Waals surface area contributed by atoms with Crippen molar-refractivity contribution in [1.29, 1.82) is 0 Å². The van der Waals surface area contributed by atoms with Gasteiger partial charge in [-0.1, -0.05) is 11.6 Å². The highest BCUT2D eigenvalue weighted by Gasteiger charge is 2.20. The molecule has 5 nitrogen and oxygen atoms in total. The summed E-state index contributed by atoms with van der Waals surface area (Å²) >= 11 is 6.08. The van der Waals surface area contributed by atoms with E-state index in [0.717, 1.165) is 19.5 Å². The Kier molecular flexibility index (Phi) is 6.01. The van der Waals surface area contributed by atoms with E-state index in [9.17, 15) is 4.79 Å². The van der Waals surface area contributed by atoms with Gasteiger partial charge in [0.25, 0.3) is 0 Å². The van der Waals surface area contributed by atoms with Crippen molar-refractivity contribution in [1.82, 2.24) is 15.1 Å². The summed E-state index contributed by atoms with van der Waals surface area (Å²) in [5.41, 5.74) is 0.521. The molecule has 112 valence electrons. The molecule has 1 aromatic heterocycles. The number of piperidine rings is 1. The Bertz CT molecular complexity index is 442. The third-order valence-corrected chi connectivity index (χ3v) is 4.02. The van der Waals surface area contributed by atoms with Crippen molar-refractivity contribution in [2.24, 2.45) is 5.92 Å². The minimum absolute atomic E-state index is 0.0779. The number of aromatic nitrogens is 2. The molecule has 0 bridgehead atoms. The van der Waals surface area contributed by atoms with Crippen molar-refractivity contribution in [3.8, 4) is 0 Å². The molecule has 0 spiro atoms. The van der Waals surface area contributed by atoms with Crippen LogP contribution in [0.1, 0.15) is 36.2 Å². The normalized spacial score (nSPS) is 19.2. The standard InChI is InChI=1S/C14H22ClN3O2/c1-20-8-7-18-14(12(15)10-17-18)13(19)5-4-11-3-2-6-16-9-11/h10-11,16H,2-9H2,1H3. The smallest absolute Gasteiger partial charge is 0.182 e. The molecule has 20 heavy (non-hydrogen) atoms. The van der Waals surface area contributed by atoms with Crippen LogP contribution in [0.2, 0.25) is 5.02 Å². The topological polar surface area (TPSA) is 56.2 Å². The fourth-order valence-electron chi connectivity index (χ4n) is 2.61. The lowest BCUT2D eigenvalue weighted by Crippen LogP contribution is -2.30. The Labute approximate surface area is 124 Å². The number of carbonyl (C=O) groups excluding carboxylic acids is 1. The van der Waals surface area contributed by atoms with Crippen molar-refractivity contribution in [2.75, 3.05) is 26.8 Å². The molecule has 1 saturated heterocycles. The summed E-state index contributed by atoms with van der Waals surface area (Å²) in [4.78, 5) is 12.3. The second-order valence-electron chi connectivity index (χ2n) is 5.23. The van der Waals surface area contributed by atoms with E-state index in [2.05, 4.69) is 10.4 Å². The van der Waals surface area contributed by atoms with Gasteiger partial charge in [0.1, 0.15) is 5.69 Å². The number of nitrogens with zero attached hydrogens (tertiary/aromatic N) is 2. The summed E-state index contributed by atoms with van der Waals surface area (Å²) < 4.78 is 6.67. The average molecular weight is 300 g/mol. The summed E-state index contributed by atoms with van der Waals surface area (Å²) in [7, 11) is 1.63. The van der Waals surface area contributed by atoms with Crippen LogP contribution in [-0.4, -0.2) is 42.4 Å².